The van der Waals surface area contributed by atoms with Gasteiger partial charge in [-0.1, -0.05) is 6.07 Å². The molecule has 0 unspecified atom stereocenters. The molecule has 0 aliphatic carbocycles. The number of carbonyl (C=O) groups is 1. The number of sulfonamides is 1. The molecule has 2 aliphatic rings. The molecule has 4 rings (SSSR count). The van der Waals surface area contributed by atoms with Crippen molar-refractivity contribution in [3.63, 3.8) is 0 Å². The third-order valence-corrected chi connectivity index (χ3v) is 8.11. The maximum Gasteiger partial charge on any atom is 0.293 e. The van der Waals surface area contributed by atoms with E-state index >= 15 is 0 Å². The second-order valence-corrected chi connectivity index (χ2v) is 10.3. The number of hydrogen-bond donors (Lipinski definition) is 1. The van der Waals surface area contributed by atoms with Gasteiger partial charge in [-0.3, -0.25) is 14.9 Å². The Morgan fingerprint density at radius 3 is 2.49 bits per heavy atom. The molecule has 2 saturated heterocycles. The molecule has 184 valence electrons. The van der Waals surface area contributed by atoms with Gasteiger partial charge in [-0.2, -0.15) is 9.57 Å². The lowest BCUT2D eigenvalue weighted by molar-refractivity contribution is -0.384. The largest absolute Gasteiger partial charge is 0.379 e. The van der Waals surface area contributed by atoms with E-state index in [1.807, 2.05) is 11.0 Å². The lowest BCUT2D eigenvalue weighted by Crippen LogP contribution is -2.40. The third kappa shape index (κ3) is 5.43. The van der Waals surface area contributed by atoms with Gasteiger partial charge in [0, 0.05) is 43.9 Å². The van der Waals surface area contributed by atoms with E-state index < -0.39 is 14.9 Å². The standard InChI is InChI=1S/C23H25N5O6S/c24-16-17-2-1-3-19(14-17)25-23(29)18-6-8-26(9-7-18)21-5-4-20(15-22(21)28(30)31)35(32,33)27-10-12-34-13-11-27/h1-5,14-15,18H,6-13H2,(H,25,29). The number of ether oxygens (including phenoxy) is 1. The maximum atomic E-state index is 12.9. The zero-order chi connectivity index (χ0) is 25.0. The number of rotatable bonds is 6. The number of amides is 1. The fourth-order valence-electron chi connectivity index (χ4n) is 4.31. The molecule has 1 amide bonds. The Balaban J connectivity index is 1.45. The van der Waals surface area contributed by atoms with Crippen LogP contribution in [0.15, 0.2) is 47.4 Å². The van der Waals surface area contributed by atoms with E-state index in [1.54, 1.807) is 24.3 Å². The molecular formula is C23H25N5O6S. The summed E-state index contributed by atoms with van der Waals surface area (Å²) in [6, 6.07) is 12.7. The molecule has 0 spiro atoms. The van der Waals surface area contributed by atoms with Gasteiger partial charge in [-0.15, -0.1) is 0 Å². The van der Waals surface area contributed by atoms with Crippen LogP contribution in [-0.2, 0) is 19.6 Å². The highest BCUT2D eigenvalue weighted by molar-refractivity contribution is 7.89. The van der Waals surface area contributed by atoms with Crippen LogP contribution >= 0.6 is 0 Å². The molecule has 2 aromatic carbocycles. The Labute approximate surface area is 203 Å². The second-order valence-electron chi connectivity index (χ2n) is 8.37. The zero-order valence-corrected chi connectivity index (χ0v) is 19.7. The molecule has 35 heavy (non-hydrogen) atoms. The molecule has 0 radical (unpaired) electrons. The minimum atomic E-state index is -3.86. The number of nitro groups is 1. The van der Waals surface area contributed by atoms with Crippen LogP contribution in [0, 0.1) is 27.4 Å². The van der Waals surface area contributed by atoms with Gasteiger partial charge in [0.05, 0.1) is 34.7 Å². The summed E-state index contributed by atoms with van der Waals surface area (Å²) in [4.78, 5) is 25.6. The number of hydrogen-bond acceptors (Lipinski definition) is 8. The van der Waals surface area contributed by atoms with E-state index in [9.17, 15) is 23.3 Å². The van der Waals surface area contributed by atoms with E-state index in [1.165, 1.54) is 16.4 Å². The molecular weight excluding hydrogens is 474 g/mol. The summed E-state index contributed by atoms with van der Waals surface area (Å²) in [6.45, 7) is 1.79. The number of nitrogens with zero attached hydrogens (tertiary/aromatic N) is 4. The average molecular weight is 500 g/mol. The normalized spacial score (nSPS) is 17.5. The first-order valence-electron chi connectivity index (χ1n) is 11.2. The van der Waals surface area contributed by atoms with E-state index in [4.69, 9.17) is 10.00 Å². The molecule has 12 heteroatoms. The van der Waals surface area contributed by atoms with Gasteiger partial charge >= 0.3 is 0 Å². The highest BCUT2D eigenvalue weighted by Gasteiger charge is 2.32. The first-order chi connectivity index (χ1) is 16.8. The van der Waals surface area contributed by atoms with Crippen molar-refractivity contribution < 1.29 is 22.9 Å². The summed E-state index contributed by atoms with van der Waals surface area (Å²) in [5.74, 6) is -0.446. The Kier molecular flexibility index (Phi) is 7.30. The van der Waals surface area contributed by atoms with Gasteiger partial charge in [0.25, 0.3) is 5.69 Å². The Morgan fingerprint density at radius 1 is 1.11 bits per heavy atom. The first kappa shape index (κ1) is 24.6. The van der Waals surface area contributed by atoms with Gasteiger partial charge in [0.2, 0.25) is 15.9 Å². The van der Waals surface area contributed by atoms with Crippen LogP contribution in [0.1, 0.15) is 18.4 Å². The maximum absolute atomic E-state index is 12.9. The monoisotopic (exact) mass is 499 g/mol. The highest BCUT2D eigenvalue weighted by Crippen LogP contribution is 2.34. The van der Waals surface area contributed by atoms with Crippen molar-refractivity contribution in [2.75, 3.05) is 49.6 Å². The van der Waals surface area contributed by atoms with Crippen LogP contribution in [-0.4, -0.2) is 62.9 Å². The summed E-state index contributed by atoms with van der Waals surface area (Å²) in [6.07, 6.45) is 0.962. The van der Waals surface area contributed by atoms with Crippen molar-refractivity contribution in [1.29, 1.82) is 5.26 Å². The number of carbonyl (C=O) groups excluding carboxylic acids is 1. The molecule has 2 heterocycles. The fourth-order valence-corrected chi connectivity index (χ4v) is 5.74. The lowest BCUT2D eigenvalue weighted by atomic mass is 9.95. The van der Waals surface area contributed by atoms with Gasteiger partial charge < -0.3 is 15.0 Å². The quantitative estimate of drug-likeness (QED) is 0.471. The number of nitro benzene ring substituents is 1. The molecule has 2 aromatic rings. The summed E-state index contributed by atoms with van der Waals surface area (Å²) in [5, 5.41) is 23.7. The van der Waals surface area contributed by atoms with E-state index in [0.717, 1.165) is 6.07 Å². The van der Waals surface area contributed by atoms with Gasteiger partial charge in [-0.05, 0) is 43.2 Å². The smallest absolute Gasteiger partial charge is 0.293 e. The Hall–Kier alpha value is -3.53. The van der Waals surface area contributed by atoms with Crippen LogP contribution < -0.4 is 10.2 Å². The Bertz CT molecular complexity index is 1260. The van der Waals surface area contributed by atoms with Crippen LogP contribution in [0.4, 0.5) is 17.1 Å². The number of morpholine rings is 1. The van der Waals surface area contributed by atoms with Crippen molar-refractivity contribution in [1.82, 2.24) is 4.31 Å². The van der Waals surface area contributed by atoms with E-state index in [0.29, 0.717) is 42.9 Å². The lowest BCUT2D eigenvalue weighted by Gasteiger charge is -2.33. The summed E-state index contributed by atoms with van der Waals surface area (Å²) >= 11 is 0. The number of nitriles is 1. The predicted octanol–water partition coefficient (Wildman–Crippen LogP) is 2.34. The molecule has 0 aromatic heterocycles. The number of piperidine rings is 1. The van der Waals surface area contributed by atoms with Gasteiger partial charge in [0.15, 0.2) is 0 Å². The molecule has 2 fully saturated rings. The summed E-state index contributed by atoms with van der Waals surface area (Å²) in [7, 11) is -3.86. The van der Waals surface area contributed by atoms with Gasteiger partial charge in [0.1, 0.15) is 5.69 Å². The van der Waals surface area contributed by atoms with Gasteiger partial charge in [-0.25, -0.2) is 8.42 Å². The van der Waals surface area contributed by atoms with Crippen LogP contribution in [0.3, 0.4) is 0 Å². The molecule has 0 saturated carbocycles. The SMILES string of the molecule is N#Cc1cccc(NC(=O)C2CCN(c3ccc(S(=O)(=O)N4CCOCC4)cc3[N+](=O)[O-])CC2)c1. The highest BCUT2D eigenvalue weighted by atomic mass is 32.2. The van der Waals surface area contributed by atoms with Crippen molar-refractivity contribution in [2.45, 2.75) is 17.7 Å². The molecule has 0 atom stereocenters. The first-order valence-corrected chi connectivity index (χ1v) is 12.7. The average Bonchev–Trinajstić information content (AvgIpc) is 2.89. The number of benzene rings is 2. The molecule has 0 bridgehead atoms. The zero-order valence-electron chi connectivity index (χ0n) is 18.9. The van der Waals surface area contributed by atoms with Crippen molar-refractivity contribution in [3.05, 3.63) is 58.1 Å². The fraction of sp³-hybridized carbons (Fsp3) is 0.391. The minimum Gasteiger partial charge on any atom is -0.379 e. The predicted molar refractivity (Wildman–Crippen MR) is 127 cm³/mol. The molecule has 11 nitrogen and oxygen atoms in total. The molecule has 1 N–H and O–H groups in total. The second kappa shape index (κ2) is 10.4. The number of nitrogens with one attached hydrogen (secondary N) is 1. The Morgan fingerprint density at radius 2 is 1.83 bits per heavy atom. The van der Waals surface area contributed by atoms with Crippen molar-refractivity contribution in [2.24, 2.45) is 5.92 Å². The van der Waals surface area contributed by atoms with Crippen LogP contribution in [0.25, 0.3) is 0 Å². The van der Waals surface area contributed by atoms with E-state index in [-0.39, 0.29) is 48.7 Å². The third-order valence-electron chi connectivity index (χ3n) is 6.22. The van der Waals surface area contributed by atoms with Crippen molar-refractivity contribution >= 4 is 33.0 Å². The topological polar surface area (TPSA) is 146 Å². The summed E-state index contributed by atoms with van der Waals surface area (Å²) < 4.78 is 32.3. The minimum absolute atomic E-state index is 0.122. The number of anilines is 2. The van der Waals surface area contributed by atoms with Crippen molar-refractivity contribution in [3.8, 4) is 6.07 Å². The van der Waals surface area contributed by atoms with Crippen LogP contribution in [0.5, 0.6) is 0 Å². The molecule has 2 aliphatic heterocycles. The van der Waals surface area contributed by atoms with E-state index in [2.05, 4.69) is 5.32 Å². The summed E-state index contributed by atoms with van der Waals surface area (Å²) in [5.41, 5.74) is 1.04. The van der Waals surface area contributed by atoms with Crippen LogP contribution in [0.2, 0.25) is 0 Å².